The van der Waals surface area contributed by atoms with E-state index in [-0.39, 0.29) is 5.91 Å². The number of hydrogen-bond donors (Lipinski definition) is 2. The van der Waals surface area contributed by atoms with Crippen LogP contribution in [0.4, 0.5) is 0 Å². The third kappa shape index (κ3) is 4.03. The molecule has 0 saturated carbocycles. The number of carbonyl (C=O) groups is 1. The van der Waals surface area contributed by atoms with Crippen molar-refractivity contribution in [1.82, 2.24) is 15.3 Å². The number of aromatic nitrogens is 2. The summed E-state index contributed by atoms with van der Waals surface area (Å²) >= 11 is 0. The van der Waals surface area contributed by atoms with Crippen LogP contribution in [0.1, 0.15) is 25.5 Å². The van der Waals surface area contributed by atoms with Crippen molar-refractivity contribution in [2.45, 2.75) is 32.4 Å². The van der Waals surface area contributed by atoms with Crippen LogP contribution in [0.3, 0.4) is 0 Å². The maximum atomic E-state index is 11.4. The minimum atomic E-state index is -0.420. The van der Waals surface area contributed by atoms with E-state index < -0.39 is 6.04 Å². The molecule has 0 aliphatic carbocycles. The molecule has 1 heterocycles. The number of nitrogens with zero attached hydrogens (tertiary/aromatic N) is 2. The fourth-order valence-electron chi connectivity index (χ4n) is 1.17. The molecule has 0 aliphatic heterocycles. The molecular weight excluding hydrogens is 192 g/mol. The molecule has 3 N–H and O–H groups in total. The van der Waals surface area contributed by atoms with Crippen LogP contribution in [0.15, 0.2) is 18.6 Å². The summed E-state index contributed by atoms with van der Waals surface area (Å²) in [4.78, 5) is 19.2. The van der Waals surface area contributed by atoms with Crippen molar-refractivity contribution in [2.24, 2.45) is 5.73 Å². The molecule has 1 rings (SSSR count). The molecule has 0 aliphatic rings. The van der Waals surface area contributed by atoms with Gasteiger partial charge in [0.15, 0.2) is 0 Å². The van der Waals surface area contributed by atoms with Crippen molar-refractivity contribution in [1.29, 1.82) is 0 Å². The Hall–Kier alpha value is -1.49. The number of nitrogens with one attached hydrogen (secondary N) is 1. The van der Waals surface area contributed by atoms with Gasteiger partial charge in [0.1, 0.15) is 6.33 Å². The molecule has 1 amide bonds. The topological polar surface area (TPSA) is 80.9 Å². The lowest BCUT2D eigenvalue weighted by Gasteiger charge is -2.10. The van der Waals surface area contributed by atoms with Crippen molar-refractivity contribution in [3.8, 4) is 0 Å². The monoisotopic (exact) mass is 208 g/mol. The molecule has 0 bridgehead atoms. The average Bonchev–Trinajstić information content (AvgIpc) is 2.27. The summed E-state index contributed by atoms with van der Waals surface area (Å²) in [5.74, 6) is -0.129. The zero-order chi connectivity index (χ0) is 11.1. The van der Waals surface area contributed by atoms with Gasteiger partial charge in [-0.15, -0.1) is 0 Å². The van der Waals surface area contributed by atoms with Crippen molar-refractivity contribution < 1.29 is 4.79 Å². The second kappa shape index (κ2) is 6.08. The van der Waals surface area contributed by atoms with E-state index in [2.05, 4.69) is 15.3 Å². The van der Waals surface area contributed by atoms with Crippen molar-refractivity contribution >= 4 is 5.91 Å². The van der Waals surface area contributed by atoms with Gasteiger partial charge in [-0.2, -0.15) is 0 Å². The van der Waals surface area contributed by atoms with E-state index in [0.717, 1.165) is 12.1 Å². The predicted octanol–water partition coefficient (Wildman–Crippen LogP) is 0.220. The molecule has 1 atom stereocenters. The fourth-order valence-corrected chi connectivity index (χ4v) is 1.17. The number of carbonyl (C=O) groups excluding carboxylic acids is 1. The lowest BCUT2D eigenvalue weighted by Crippen LogP contribution is -2.40. The summed E-state index contributed by atoms with van der Waals surface area (Å²) in [6.07, 6.45) is 4.70. The molecule has 1 aromatic heterocycles. The van der Waals surface area contributed by atoms with E-state index in [1.807, 2.05) is 6.92 Å². The van der Waals surface area contributed by atoms with Crippen LogP contribution in [-0.2, 0) is 11.3 Å². The first-order chi connectivity index (χ1) is 7.24. The molecule has 1 aromatic rings. The Labute approximate surface area is 89.1 Å². The van der Waals surface area contributed by atoms with Gasteiger partial charge in [-0.1, -0.05) is 13.3 Å². The molecule has 0 radical (unpaired) electrons. The number of rotatable bonds is 5. The minimum Gasteiger partial charge on any atom is -0.349 e. The molecular formula is C10H16N4O. The molecule has 82 valence electrons. The second-order valence-corrected chi connectivity index (χ2v) is 3.31. The summed E-state index contributed by atoms with van der Waals surface area (Å²) in [7, 11) is 0. The minimum absolute atomic E-state index is 0.129. The fraction of sp³-hybridized carbons (Fsp3) is 0.500. The van der Waals surface area contributed by atoms with Crippen molar-refractivity contribution in [3.05, 3.63) is 24.3 Å². The predicted molar refractivity (Wildman–Crippen MR) is 56.8 cm³/mol. The van der Waals surface area contributed by atoms with Gasteiger partial charge in [0.25, 0.3) is 0 Å². The maximum Gasteiger partial charge on any atom is 0.237 e. The molecule has 0 spiro atoms. The lowest BCUT2D eigenvalue weighted by atomic mass is 10.2. The highest BCUT2D eigenvalue weighted by atomic mass is 16.2. The smallest absolute Gasteiger partial charge is 0.237 e. The molecule has 5 nitrogen and oxygen atoms in total. The van der Waals surface area contributed by atoms with Gasteiger partial charge in [0, 0.05) is 6.20 Å². The van der Waals surface area contributed by atoms with E-state index >= 15 is 0 Å². The summed E-state index contributed by atoms with van der Waals surface area (Å²) in [5.41, 5.74) is 6.43. The number of hydrogen-bond acceptors (Lipinski definition) is 4. The second-order valence-electron chi connectivity index (χ2n) is 3.31. The largest absolute Gasteiger partial charge is 0.349 e. The quantitative estimate of drug-likeness (QED) is 0.725. The van der Waals surface area contributed by atoms with E-state index in [1.165, 1.54) is 6.33 Å². The summed E-state index contributed by atoms with van der Waals surface area (Å²) < 4.78 is 0. The third-order valence-electron chi connectivity index (χ3n) is 2.02. The van der Waals surface area contributed by atoms with Gasteiger partial charge < -0.3 is 11.1 Å². The normalized spacial score (nSPS) is 12.1. The van der Waals surface area contributed by atoms with Crippen LogP contribution < -0.4 is 11.1 Å². The third-order valence-corrected chi connectivity index (χ3v) is 2.02. The van der Waals surface area contributed by atoms with Crippen LogP contribution in [0.2, 0.25) is 0 Å². The van der Waals surface area contributed by atoms with Crippen LogP contribution >= 0.6 is 0 Å². The molecule has 0 saturated heterocycles. The first-order valence-electron chi connectivity index (χ1n) is 5.02. The van der Waals surface area contributed by atoms with E-state index in [1.54, 1.807) is 12.3 Å². The Morgan fingerprint density at radius 3 is 3.07 bits per heavy atom. The van der Waals surface area contributed by atoms with E-state index in [4.69, 9.17) is 5.73 Å². The number of amides is 1. The Kier molecular flexibility index (Phi) is 4.70. The van der Waals surface area contributed by atoms with Crippen LogP contribution in [0.5, 0.6) is 0 Å². The van der Waals surface area contributed by atoms with Gasteiger partial charge in [-0.3, -0.25) is 4.79 Å². The summed E-state index contributed by atoms with van der Waals surface area (Å²) in [5, 5.41) is 2.73. The molecule has 5 heteroatoms. The van der Waals surface area contributed by atoms with E-state index in [9.17, 15) is 4.79 Å². The van der Waals surface area contributed by atoms with Gasteiger partial charge in [-0.25, -0.2) is 9.97 Å². The first-order valence-corrected chi connectivity index (χ1v) is 5.02. The Morgan fingerprint density at radius 2 is 2.47 bits per heavy atom. The molecule has 0 unspecified atom stereocenters. The molecule has 0 fully saturated rings. The average molecular weight is 208 g/mol. The van der Waals surface area contributed by atoms with Gasteiger partial charge >= 0.3 is 0 Å². The summed E-state index contributed by atoms with van der Waals surface area (Å²) in [6, 6.07) is 1.34. The zero-order valence-electron chi connectivity index (χ0n) is 8.81. The van der Waals surface area contributed by atoms with Gasteiger partial charge in [0.05, 0.1) is 18.3 Å². The van der Waals surface area contributed by atoms with Crippen LogP contribution in [0.25, 0.3) is 0 Å². The Balaban J connectivity index is 2.34. The van der Waals surface area contributed by atoms with Crippen LogP contribution in [-0.4, -0.2) is 21.9 Å². The van der Waals surface area contributed by atoms with Crippen molar-refractivity contribution in [3.63, 3.8) is 0 Å². The van der Waals surface area contributed by atoms with Crippen molar-refractivity contribution in [2.75, 3.05) is 0 Å². The van der Waals surface area contributed by atoms with E-state index in [0.29, 0.717) is 13.0 Å². The standard InChI is InChI=1S/C10H16N4O/c1-2-3-9(11)10(15)13-6-8-4-5-12-7-14-8/h4-5,7,9H,2-3,6,11H2,1H3,(H,13,15)/t9-/m1/s1. The summed E-state index contributed by atoms with van der Waals surface area (Å²) in [6.45, 7) is 2.40. The maximum absolute atomic E-state index is 11.4. The highest BCUT2D eigenvalue weighted by Gasteiger charge is 2.11. The van der Waals surface area contributed by atoms with Gasteiger partial charge in [-0.05, 0) is 12.5 Å². The Morgan fingerprint density at radius 1 is 1.67 bits per heavy atom. The Bertz CT molecular complexity index is 302. The molecule has 15 heavy (non-hydrogen) atoms. The SMILES string of the molecule is CCC[C@@H](N)C(=O)NCc1ccncn1. The van der Waals surface area contributed by atoms with Gasteiger partial charge in [0.2, 0.25) is 5.91 Å². The molecule has 0 aromatic carbocycles. The first kappa shape index (κ1) is 11.6. The lowest BCUT2D eigenvalue weighted by molar-refractivity contribution is -0.122. The number of nitrogens with two attached hydrogens (primary N) is 1. The highest BCUT2D eigenvalue weighted by molar-refractivity contribution is 5.81. The zero-order valence-corrected chi connectivity index (χ0v) is 8.81. The highest BCUT2D eigenvalue weighted by Crippen LogP contribution is 1.94. The van der Waals surface area contributed by atoms with Crippen LogP contribution in [0, 0.1) is 0 Å².